The Hall–Kier alpha value is -1.62. The molecule has 1 saturated carbocycles. The Bertz CT molecular complexity index is 698. The highest BCUT2D eigenvalue weighted by molar-refractivity contribution is 7.10. The van der Waals surface area contributed by atoms with Crippen LogP contribution >= 0.6 is 11.3 Å². The van der Waals surface area contributed by atoms with E-state index in [1.54, 1.807) is 11.3 Å². The van der Waals surface area contributed by atoms with Gasteiger partial charge < -0.3 is 5.32 Å². The number of rotatable bonds is 5. The Balaban J connectivity index is 1.40. The van der Waals surface area contributed by atoms with Crippen molar-refractivity contribution in [3.8, 4) is 0 Å². The second kappa shape index (κ2) is 6.71. The third-order valence-electron chi connectivity index (χ3n) is 5.64. The molecule has 0 saturated heterocycles. The van der Waals surface area contributed by atoms with E-state index in [4.69, 9.17) is 0 Å². The summed E-state index contributed by atoms with van der Waals surface area (Å²) in [6, 6.07) is 4.18. The first-order chi connectivity index (χ1) is 11.8. The lowest BCUT2D eigenvalue weighted by atomic mass is 9.83. The Morgan fingerprint density at radius 2 is 2.08 bits per heavy atom. The van der Waals surface area contributed by atoms with Crippen LogP contribution < -0.4 is 5.32 Å². The summed E-state index contributed by atoms with van der Waals surface area (Å²) in [5.74, 6) is 0.212. The molecule has 0 atom stereocenters. The number of aryl methyl sites for hydroxylation is 1. The molecular weight excluding hydrogens is 318 g/mol. The maximum atomic E-state index is 12.9. The molecule has 2 heterocycles. The van der Waals surface area contributed by atoms with Gasteiger partial charge in [-0.25, -0.2) is 0 Å². The second-order valence-corrected chi connectivity index (χ2v) is 8.02. The van der Waals surface area contributed by atoms with Crippen molar-refractivity contribution in [3.05, 3.63) is 39.8 Å². The summed E-state index contributed by atoms with van der Waals surface area (Å²) in [6.07, 6.45) is 11.1. The highest BCUT2D eigenvalue weighted by Gasteiger charge is 2.43. The van der Waals surface area contributed by atoms with E-state index in [0.29, 0.717) is 6.54 Å². The van der Waals surface area contributed by atoms with Gasteiger partial charge in [-0.15, -0.1) is 11.3 Å². The predicted octanol–water partition coefficient (Wildman–Crippen LogP) is 3.45. The number of amides is 1. The van der Waals surface area contributed by atoms with Crippen molar-refractivity contribution in [2.45, 2.75) is 63.3 Å². The first-order valence-corrected chi connectivity index (χ1v) is 10.0. The lowest BCUT2D eigenvalue weighted by Gasteiger charge is -2.26. The van der Waals surface area contributed by atoms with Crippen LogP contribution in [0.1, 0.15) is 54.7 Å². The van der Waals surface area contributed by atoms with Crippen molar-refractivity contribution in [2.75, 3.05) is 6.54 Å². The second-order valence-electron chi connectivity index (χ2n) is 7.07. The van der Waals surface area contributed by atoms with Gasteiger partial charge in [-0.2, -0.15) is 5.10 Å². The van der Waals surface area contributed by atoms with Crippen LogP contribution in [-0.4, -0.2) is 22.2 Å². The highest BCUT2D eigenvalue weighted by Crippen LogP contribution is 2.43. The molecule has 2 aliphatic carbocycles. The number of hydrogen-bond acceptors (Lipinski definition) is 3. The molecule has 0 spiro atoms. The molecule has 128 valence electrons. The number of nitrogens with one attached hydrogen (secondary N) is 1. The Labute approximate surface area is 147 Å². The number of hydrogen-bond donors (Lipinski definition) is 1. The van der Waals surface area contributed by atoms with Gasteiger partial charge in [0.2, 0.25) is 5.91 Å². The van der Waals surface area contributed by atoms with E-state index in [0.717, 1.165) is 45.1 Å². The molecule has 1 amide bonds. The molecule has 24 heavy (non-hydrogen) atoms. The largest absolute Gasteiger partial charge is 0.353 e. The monoisotopic (exact) mass is 343 g/mol. The summed E-state index contributed by atoms with van der Waals surface area (Å²) >= 11 is 1.72. The molecule has 4 nitrogen and oxygen atoms in total. The van der Waals surface area contributed by atoms with Gasteiger partial charge in [0.05, 0.1) is 18.2 Å². The molecule has 0 radical (unpaired) electrons. The normalized spacial score (nSPS) is 19.2. The van der Waals surface area contributed by atoms with Crippen LogP contribution in [0, 0.1) is 0 Å². The summed E-state index contributed by atoms with van der Waals surface area (Å²) in [5.41, 5.74) is 2.50. The van der Waals surface area contributed by atoms with E-state index in [2.05, 4.69) is 32.6 Å². The molecule has 2 aromatic rings. The van der Waals surface area contributed by atoms with Gasteiger partial charge in [-0.05, 0) is 55.5 Å². The average molecular weight is 343 g/mol. The molecule has 0 bridgehead atoms. The van der Waals surface area contributed by atoms with E-state index >= 15 is 0 Å². The molecule has 1 fully saturated rings. The van der Waals surface area contributed by atoms with Crippen LogP contribution in [0.25, 0.3) is 0 Å². The quantitative estimate of drug-likeness (QED) is 0.904. The van der Waals surface area contributed by atoms with E-state index in [-0.39, 0.29) is 11.3 Å². The topological polar surface area (TPSA) is 46.9 Å². The summed E-state index contributed by atoms with van der Waals surface area (Å²) in [6.45, 7) is 1.45. The molecule has 1 N–H and O–H groups in total. The molecule has 5 heteroatoms. The van der Waals surface area contributed by atoms with Crippen LogP contribution in [0.5, 0.6) is 0 Å². The Kier molecular flexibility index (Phi) is 4.44. The molecule has 0 aromatic carbocycles. The Morgan fingerprint density at radius 3 is 2.88 bits per heavy atom. The average Bonchev–Trinajstić information content (AvgIpc) is 3.35. The maximum Gasteiger partial charge on any atom is 0.231 e. The summed E-state index contributed by atoms with van der Waals surface area (Å²) in [7, 11) is 0. The minimum Gasteiger partial charge on any atom is -0.353 e. The van der Waals surface area contributed by atoms with Crippen molar-refractivity contribution < 1.29 is 4.79 Å². The van der Waals surface area contributed by atoms with Gasteiger partial charge in [0.25, 0.3) is 0 Å². The number of fused-ring (bicyclic) bond motifs is 1. The number of thiophene rings is 1. The lowest BCUT2D eigenvalue weighted by Crippen LogP contribution is -2.43. The van der Waals surface area contributed by atoms with E-state index < -0.39 is 0 Å². The smallest absolute Gasteiger partial charge is 0.231 e. The summed E-state index contributed by atoms with van der Waals surface area (Å²) in [4.78, 5) is 14.2. The third-order valence-corrected chi connectivity index (χ3v) is 6.71. The number of carbonyl (C=O) groups excluding carboxylic acids is 1. The van der Waals surface area contributed by atoms with Gasteiger partial charge in [0.1, 0.15) is 0 Å². The number of nitrogens with zero attached hydrogens (tertiary/aromatic N) is 2. The number of carbonyl (C=O) groups is 1. The van der Waals surface area contributed by atoms with Crippen LogP contribution in [-0.2, 0) is 29.6 Å². The van der Waals surface area contributed by atoms with Crippen LogP contribution in [0.2, 0.25) is 0 Å². The fourth-order valence-corrected chi connectivity index (χ4v) is 5.29. The lowest BCUT2D eigenvalue weighted by molar-refractivity contribution is -0.126. The standard InChI is InChI=1S/C19H25N3OS/c23-18(19(9-3-4-10-19)17-8-5-13-24-17)20-11-12-22-16-7-2-1-6-15(16)14-21-22/h5,8,13-14H,1-4,6-7,9-12H2,(H,20,23). The van der Waals surface area contributed by atoms with Crippen molar-refractivity contribution in [1.29, 1.82) is 0 Å². The zero-order valence-electron chi connectivity index (χ0n) is 14.1. The minimum atomic E-state index is -0.280. The van der Waals surface area contributed by atoms with Gasteiger partial charge in [0, 0.05) is 17.1 Å². The third kappa shape index (κ3) is 2.79. The fraction of sp³-hybridized carbons (Fsp3) is 0.579. The van der Waals surface area contributed by atoms with Crippen molar-refractivity contribution >= 4 is 17.2 Å². The van der Waals surface area contributed by atoms with Gasteiger partial charge in [-0.3, -0.25) is 9.48 Å². The fourth-order valence-electron chi connectivity index (χ4n) is 4.31. The van der Waals surface area contributed by atoms with Crippen molar-refractivity contribution in [3.63, 3.8) is 0 Å². The first-order valence-electron chi connectivity index (χ1n) is 9.15. The van der Waals surface area contributed by atoms with E-state index in [9.17, 15) is 4.79 Å². The molecule has 0 unspecified atom stereocenters. The minimum absolute atomic E-state index is 0.212. The van der Waals surface area contributed by atoms with E-state index in [1.807, 2.05) is 6.20 Å². The van der Waals surface area contributed by atoms with Gasteiger partial charge in [-0.1, -0.05) is 18.9 Å². The van der Waals surface area contributed by atoms with E-state index in [1.165, 1.54) is 29.0 Å². The zero-order valence-corrected chi connectivity index (χ0v) is 14.9. The van der Waals surface area contributed by atoms with Crippen LogP contribution in [0.4, 0.5) is 0 Å². The predicted molar refractivity (Wildman–Crippen MR) is 96.3 cm³/mol. The molecular formula is C19H25N3OS. The van der Waals surface area contributed by atoms with Crippen LogP contribution in [0.15, 0.2) is 23.7 Å². The molecule has 0 aliphatic heterocycles. The SMILES string of the molecule is O=C(NCCn1ncc2c1CCCC2)C1(c2cccs2)CCCC1. The summed E-state index contributed by atoms with van der Waals surface area (Å²) in [5, 5.41) is 9.81. The summed E-state index contributed by atoms with van der Waals surface area (Å²) < 4.78 is 2.10. The first kappa shape index (κ1) is 15.9. The maximum absolute atomic E-state index is 12.9. The highest BCUT2D eigenvalue weighted by atomic mass is 32.1. The van der Waals surface area contributed by atoms with Gasteiger partial charge >= 0.3 is 0 Å². The van der Waals surface area contributed by atoms with Crippen LogP contribution in [0.3, 0.4) is 0 Å². The number of aromatic nitrogens is 2. The molecule has 2 aliphatic rings. The van der Waals surface area contributed by atoms with Crippen molar-refractivity contribution in [2.24, 2.45) is 0 Å². The zero-order chi connectivity index (χ0) is 16.4. The molecule has 4 rings (SSSR count). The van der Waals surface area contributed by atoms with Crippen molar-refractivity contribution in [1.82, 2.24) is 15.1 Å². The Morgan fingerprint density at radius 1 is 1.25 bits per heavy atom. The molecule has 2 aromatic heterocycles. The van der Waals surface area contributed by atoms with Gasteiger partial charge in [0.15, 0.2) is 0 Å².